The van der Waals surface area contributed by atoms with Gasteiger partial charge < -0.3 is 15.4 Å². The van der Waals surface area contributed by atoms with Crippen LogP contribution in [-0.4, -0.2) is 74.3 Å². The van der Waals surface area contributed by atoms with E-state index in [-0.39, 0.29) is 0 Å². The second-order valence-electron chi connectivity index (χ2n) is 6.43. The summed E-state index contributed by atoms with van der Waals surface area (Å²) in [5, 5.41) is 6.94. The number of nitrogens with one attached hydrogen (secondary N) is 2. The first kappa shape index (κ1) is 18.9. The van der Waals surface area contributed by atoms with Crippen LogP contribution >= 0.6 is 11.8 Å². The van der Waals surface area contributed by atoms with Gasteiger partial charge in [0.25, 0.3) is 0 Å². The van der Waals surface area contributed by atoms with Crippen LogP contribution in [0.5, 0.6) is 0 Å². The lowest BCUT2D eigenvalue weighted by Gasteiger charge is -2.48. The second-order valence-corrected chi connectivity index (χ2v) is 7.66. The highest BCUT2D eigenvalue weighted by atomic mass is 32.2. The van der Waals surface area contributed by atoms with E-state index in [1.54, 1.807) is 0 Å². The predicted molar refractivity (Wildman–Crippen MR) is 101 cm³/mol. The Hall–Kier alpha value is -0.460. The van der Waals surface area contributed by atoms with Gasteiger partial charge in [-0.1, -0.05) is 19.3 Å². The summed E-state index contributed by atoms with van der Waals surface area (Å²) in [5.41, 5.74) is 0.330. The van der Waals surface area contributed by atoms with Gasteiger partial charge in [0.1, 0.15) is 0 Å². The van der Waals surface area contributed by atoms with Crippen molar-refractivity contribution in [1.82, 2.24) is 15.5 Å². The van der Waals surface area contributed by atoms with Gasteiger partial charge in [0.15, 0.2) is 5.96 Å². The van der Waals surface area contributed by atoms with Gasteiger partial charge in [-0.3, -0.25) is 9.89 Å². The smallest absolute Gasteiger partial charge is 0.191 e. The lowest BCUT2D eigenvalue weighted by atomic mass is 9.80. The standard InChI is InChI=1S/C17H34N4OS/c1-3-22-12-9-19-16(18-2)20-15-17(7-5-4-6-8-17)21-10-13-23-14-11-21/h3-15H2,1-2H3,(H2,18,19,20). The molecule has 0 aromatic rings. The zero-order valence-electron chi connectivity index (χ0n) is 14.9. The summed E-state index contributed by atoms with van der Waals surface area (Å²) >= 11 is 2.09. The van der Waals surface area contributed by atoms with Crippen LogP contribution in [0.2, 0.25) is 0 Å². The van der Waals surface area contributed by atoms with Crippen LogP contribution in [0.15, 0.2) is 4.99 Å². The van der Waals surface area contributed by atoms with Crippen LogP contribution in [-0.2, 0) is 4.74 Å². The van der Waals surface area contributed by atoms with Crippen molar-refractivity contribution in [2.75, 3.05) is 57.9 Å². The van der Waals surface area contributed by atoms with Crippen LogP contribution < -0.4 is 10.6 Å². The van der Waals surface area contributed by atoms with Crippen LogP contribution in [0.1, 0.15) is 39.0 Å². The van der Waals surface area contributed by atoms with Gasteiger partial charge in [-0.05, 0) is 19.8 Å². The third-order valence-electron chi connectivity index (χ3n) is 5.02. The van der Waals surface area contributed by atoms with Crippen LogP contribution in [0, 0.1) is 0 Å². The minimum atomic E-state index is 0.330. The maximum absolute atomic E-state index is 5.38. The number of nitrogens with zero attached hydrogens (tertiary/aromatic N) is 2. The molecule has 1 saturated carbocycles. The predicted octanol–water partition coefficient (Wildman–Crippen LogP) is 1.94. The fourth-order valence-corrected chi connectivity index (χ4v) is 4.61. The van der Waals surface area contributed by atoms with Crippen molar-refractivity contribution in [1.29, 1.82) is 0 Å². The molecular weight excluding hydrogens is 308 g/mol. The van der Waals surface area contributed by atoms with Gasteiger partial charge in [-0.2, -0.15) is 11.8 Å². The molecule has 1 aliphatic carbocycles. The Labute approximate surface area is 146 Å². The summed E-state index contributed by atoms with van der Waals surface area (Å²) < 4.78 is 5.38. The highest BCUT2D eigenvalue weighted by Crippen LogP contribution is 2.34. The summed E-state index contributed by atoms with van der Waals surface area (Å²) in [5.74, 6) is 3.47. The molecule has 2 N–H and O–H groups in total. The van der Waals surface area contributed by atoms with Gasteiger partial charge in [-0.25, -0.2) is 0 Å². The quantitative estimate of drug-likeness (QED) is 0.421. The lowest BCUT2D eigenvalue weighted by Crippen LogP contribution is -2.59. The molecular formula is C17H34N4OS. The van der Waals surface area contributed by atoms with E-state index in [2.05, 4.69) is 32.3 Å². The molecule has 0 aromatic heterocycles. The van der Waals surface area contributed by atoms with Crippen molar-refractivity contribution in [3.8, 4) is 0 Å². The number of rotatable bonds is 7. The van der Waals surface area contributed by atoms with E-state index in [9.17, 15) is 0 Å². The molecule has 0 unspecified atom stereocenters. The van der Waals surface area contributed by atoms with Crippen molar-refractivity contribution < 1.29 is 4.74 Å². The van der Waals surface area contributed by atoms with Gasteiger partial charge in [0.2, 0.25) is 0 Å². The summed E-state index contributed by atoms with van der Waals surface area (Å²) in [6.07, 6.45) is 6.76. The van der Waals surface area contributed by atoms with E-state index in [4.69, 9.17) is 4.74 Å². The largest absolute Gasteiger partial charge is 0.380 e. The fourth-order valence-electron chi connectivity index (χ4n) is 3.71. The molecule has 2 rings (SSSR count). The summed E-state index contributed by atoms with van der Waals surface area (Å²) in [7, 11) is 1.85. The van der Waals surface area contributed by atoms with E-state index in [0.717, 1.165) is 32.3 Å². The Morgan fingerprint density at radius 1 is 1.17 bits per heavy atom. The normalized spacial score (nSPS) is 22.8. The van der Waals surface area contributed by atoms with E-state index in [1.807, 2.05) is 14.0 Å². The molecule has 0 atom stereocenters. The number of guanidine groups is 1. The maximum atomic E-state index is 5.38. The van der Waals surface area contributed by atoms with Crippen LogP contribution in [0.25, 0.3) is 0 Å². The van der Waals surface area contributed by atoms with E-state index in [0.29, 0.717) is 5.54 Å². The molecule has 2 aliphatic rings. The van der Waals surface area contributed by atoms with Gasteiger partial charge >= 0.3 is 0 Å². The molecule has 23 heavy (non-hydrogen) atoms. The Balaban J connectivity index is 1.86. The van der Waals surface area contributed by atoms with Crippen molar-refractivity contribution in [3.05, 3.63) is 0 Å². The van der Waals surface area contributed by atoms with Gasteiger partial charge in [0.05, 0.1) is 6.61 Å². The topological polar surface area (TPSA) is 48.9 Å². The van der Waals surface area contributed by atoms with E-state index < -0.39 is 0 Å². The number of ether oxygens (including phenoxy) is 1. The van der Waals surface area contributed by atoms with E-state index >= 15 is 0 Å². The molecule has 1 saturated heterocycles. The molecule has 6 heteroatoms. The van der Waals surface area contributed by atoms with Gasteiger partial charge in [-0.15, -0.1) is 0 Å². The fraction of sp³-hybridized carbons (Fsp3) is 0.941. The summed E-state index contributed by atoms with van der Waals surface area (Å²) in [6.45, 7) is 7.81. The van der Waals surface area contributed by atoms with Crippen molar-refractivity contribution in [2.45, 2.75) is 44.6 Å². The SMILES string of the molecule is CCOCCNC(=NC)NCC1(N2CCSCC2)CCCCC1. The average Bonchev–Trinajstić information content (AvgIpc) is 2.63. The molecule has 0 aromatic carbocycles. The first-order chi connectivity index (χ1) is 11.3. The molecule has 134 valence electrons. The van der Waals surface area contributed by atoms with E-state index in [1.165, 1.54) is 56.7 Å². The molecule has 0 amide bonds. The molecule has 1 aliphatic heterocycles. The Kier molecular flexibility index (Phi) is 8.55. The zero-order chi connectivity index (χ0) is 16.4. The summed E-state index contributed by atoms with van der Waals surface area (Å²) in [6, 6.07) is 0. The first-order valence-electron chi connectivity index (χ1n) is 9.16. The van der Waals surface area contributed by atoms with Crippen molar-refractivity contribution in [2.24, 2.45) is 4.99 Å². The molecule has 5 nitrogen and oxygen atoms in total. The van der Waals surface area contributed by atoms with Crippen LogP contribution in [0.4, 0.5) is 0 Å². The molecule has 0 spiro atoms. The number of hydrogen-bond acceptors (Lipinski definition) is 4. The highest BCUT2D eigenvalue weighted by Gasteiger charge is 2.38. The third kappa shape index (κ3) is 5.84. The van der Waals surface area contributed by atoms with Crippen LogP contribution in [0.3, 0.4) is 0 Å². The monoisotopic (exact) mass is 342 g/mol. The lowest BCUT2D eigenvalue weighted by molar-refractivity contribution is 0.0625. The number of thioether (sulfide) groups is 1. The highest BCUT2D eigenvalue weighted by molar-refractivity contribution is 7.99. The zero-order valence-corrected chi connectivity index (χ0v) is 15.7. The first-order valence-corrected chi connectivity index (χ1v) is 10.3. The van der Waals surface area contributed by atoms with Crippen molar-refractivity contribution >= 4 is 17.7 Å². The maximum Gasteiger partial charge on any atom is 0.191 e. The second kappa shape index (κ2) is 10.4. The number of aliphatic imine (C=N–C) groups is 1. The molecule has 0 bridgehead atoms. The Morgan fingerprint density at radius 2 is 1.91 bits per heavy atom. The van der Waals surface area contributed by atoms with Gasteiger partial charge in [0, 0.05) is 56.9 Å². The molecule has 0 radical (unpaired) electrons. The third-order valence-corrected chi connectivity index (χ3v) is 5.96. The minimum Gasteiger partial charge on any atom is -0.380 e. The molecule has 1 heterocycles. The number of hydrogen-bond donors (Lipinski definition) is 2. The Morgan fingerprint density at radius 3 is 2.57 bits per heavy atom. The minimum absolute atomic E-state index is 0.330. The average molecular weight is 343 g/mol. The molecule has 2 fully saturated rings. The Bertz CT molecular complexity index is 353. The van der Waals surface area contributed by atoms with Crippen molar-refractivity contribution in [3.63, 3.8) is 0 Å². The summed E-state index contributed by atoms with van der Waals surface area (Å²) in [4.78, 5) is 7.12.